The van der Waals surface area contributed by atoms with Crippen molar-refractivity contribution >= 4 is 39.8 Å². The molecule has 2 aromatic heterocycles. The van der Waals surface area contributed by atoms with Crippen LogP contribution in [0.4, 0.5) is 10.8 Å². The van der Waals surface area contributed by atoms with E-state index in [-0.39, 0.29) is 11.2 Å². The standard InChI is InChI=1S/C17H18N4O2S2/c1-11-5-7-13(8-6-11)19-15(22)12(2)24-17-21-20-16(25-17)18-10-14-4-3-9-23-14/h3-9,12H,10H2,1-2H3,(H,18,20)(H,19,22)/t12-/m1/s1. The fraction of sp³-hybridized carbons (Fsp3) is 0.235. The van der Waals surface area contributed by atoms with Crippen LogP contribution in [0.15, 0.2) is 51.4 Å². The Labute approximate surface area is 154 Å². The summed E-state index contributed by atoms with van der Waals surface area (Å²) in [6.45, 7) is 4.42. The molecule has 0 bridgehead atoms. The van der Waals surface area contributed by atoms with Gasteiger partial charge < -0.3 is 15.1 Å². The van der Waals surface area contributed by atoms with Gasteiger partial charge in [0, 0.05) is 5.69 Å². The Hall–Kier alpha value is -2.32. The fourth-order valence-corrected chi connectivity index (χ4v) is 3.88. The van der Waals surface area contributed by atoms with E-state index in [2.05, 4.69) is 20.8 Å². The van der Waals surface area contributed by atoms with Crippen LogP contribution in [0.2, 0.25) is 0 Å². The van der Waals surface area contributed by atoms with Crippen LogP contribution >= 0.6 is 23.1 Å². The average Bonchev–Trinajstić information content (AvgIpc) is 3.26. The third kappa shape index (κ3) is 5.07. The lowest BCUT2D eigenvalue weighted by molar-refractivity contribution is -0.115. The lowest BCUT2D eigenvalue weighted by atomic mass is 10.2. The predicted molar refractivity (Wildman–Crippen MR) is 101 cm³/mol. The number of carbonyl (C=O) groups is 1. The molecule has 0 aliphatic rings. The number of hydrogen-bond acceptors (Lipinski definition) is 7. The van der Waals surface area contributed by atoms with Crippen molar-refractivity contribution in [3.8, 4) is 0 Å². The summed E-state index contributed by atoms with van der Waals surface area (Å²) in [5, 5.41) is 14.7. The Bertz CT molecular complexity index is 816. The van der Waals surface area contributed by atoms with Crippen LogP contribution in [0.1, 0.15) is 18.2 Å². The number of amides is 1. The van der Waals surface area contributed by atoms with Gasteiger partial charge in [0.05, 0.1) is 18.1 Å². The highest BCUT2D eigenvalue weighted by molar-refractivity contribution is 8.02. The number of nitrogens with zero attached hydrogens (tertiary/aromatic N) is 2. The summed E-state index contributed by atoms with van der Waals surface area (Å²) in [6.07, 6.45) is 1.63. The molecule has 0 saturated carbocycles. The normalized spacial score (nSPS) is 11.9. The zero-order valence-electron chi connectivity index (χ0n) is 13.9. The number of carbonyl (C=O) groups excluding carboxylic acids is 1. The van der Waals surface area contributed by atoms with E-state index in [1.54, 1.807) is 6.26 Å². The third-order valence-corrected chi connectivity index (χ3v) is 5.43. The average molecular weight is 374 g/mol. The number of hydrogen-bond donors (Lipinski definition) is 2. The molecule has 3 rings (SSSR count). The summed E-state index contributed by atoms with van der Waals surface area (Å²) in [7, 11) is 0. The van der Waals surface area contributed by atoms with E-state index in [9.17, 15) is 4.79 Å². The zero-order chi connectivity index (χ0) is 17.6. The van der Waals surface area contributed by atoms with Gasteiger partial charge in [-0.25, -0.2) is 0 Å². The Balaban J connectivity index is 1.51. The molecule has 0 radical (unpaired) electrons. The van der Waals surface area contributed by atoms with Crippen molar-refractivity contribution in [3.63, 3.8) is 0 Å². The number of aryl methyl sites for hydroxylation is 1. The molecule has 1 amide bonds. The van der Waals surface area contributed by atoms with Crippen LogP contribution in [0.5, 0.6) is 0 Å². The lowest BCUT2D eigenvalue weighted by Gasteiger charge is -2.10. The van der Waals surface area contributed by atoms with E-state index < -0.39 is 0 Å². The highest BCUT2D eigenvalue weighted by atomic mass is 32.2. The van der Waals surface area contributed by atoms with Crippen LogP contribution < -0.4 is 10.6 Å². The first-order valence-corrected chi connectivity index (χ1v) is 9.44. The molecule has 25 heavy (non-hydrogen) atoms. The second-order valence-corrected chi connectivity index (χ2v) is 7.99. The van der Waals surface area contributed by atoms with Crippen LogP contribution in [0, 0.1) is 6.92 Å². The SMILES string of the molecule is Cc1ccc(NC(=O)[C@@H](C)Sc2nnc(NCc3ccco3)s2)cc1. The van der Waals surface area contributed by atoms with Crippen LogP contribution in [-0.2, 0) is 11.3 Å². The first-order chi connectivity index (χ1) is 12.1. The highest BCUT2D eigenvalue weighted by Crippen LogP contribution is 2.29. The monoisotopic (exact) mass is 374 g/mol. The zero-order valence-corrected chi connectivity index (χ0v) is 15.5. The maximum Gasteiger partial charge on any atom is 0.237 e. The molecule has 0 fully saturated rings. The van der Waals surface area contributed by atoms with E-state index in [4.69, 9.17) is 4.42 Å². The van der Waals surface area contributed by atoms with E-state index in [0.29, 0.717) is 11.7 Å². The van der Waals surface area contributed by atoms with Crippen molar-refractivity contribution in [1.29, 1.82) is 0 Å². The summed E-state index contributed by atoms with van der Waals surface area (Å²) in [5.74, 6) is 0.768. The minimum absolute atomic E-state index is 0.0610. The molecule has 3 aromatic rings. The van der Waals surface area contributed by atoms with Gasteiger partial charge in [0.15, 0.2) is 4.34 Å². The topological polar surface area (TPSA) is 80.0 Å². The van der Waals surface area contributed by atoms with Gasteiger partial charge in [-0.3, -0.25) is 4.79 Å². The highest BCUT2D eigenvalue weighted by Gasteiger charge is 2.17. The fourth-order valence-electron chi connectivity index (χ4n) is 1.99. The maximum absolute atomic E-state index is 12.3. The summed E-state index contributed by atoms with van der Waals surface area (Å²) < 4.78 is 6.00. The minimum Gasteiger partial charge on any atom is -0.467 e. The van der Waals surface area contributed by atoms with Gasteiger partial charge in [-0.1, -0.05) is 40.8 Å². The number of thioether (sulfide) groups is 1. The second kappa shape index (κ2) is 8.17. The number of nitrogens with one attached hydrogen (secondary N) is 2. The molecule has 8 heteroatoms. The van der Waals surface area contributed by atoms with E-state index in [0.717, 1.165) is 21.4 Å². The molecule has 0 saturated heterocycles. The van der Waals surface area contributed by atoms with Gasteiger partial charge in [-0.2, -0.15) is 0 Å². The maximum atomic E-state index is 12.3. The smallest absolute Gasteiger partial charge is 0.237 e. The Morgan fingerprint density at radius 2 is 2.08 bits per heavy atom. The largest absolute Gasteiger partial charge is 0.467 e. The summed E-state index contributed by atoms with van der Waals surface area (Å²) in [6, 6.07) is 11.5. The van der Waals surface area contributed by atoms with Crippen molar-refractivity contribution in [2.24, 2.45) is 0 Å². The van der Waals surface area contributed by atoms with Gasteiger partial charge in [-0.05, 0) is 38.1 Å². The molecule has 0 spiro atoms. The van der Waals surface area contributed by atoms with E-state index >= 15 is 0 Å². The van der Waals surface area contributed by atoms with Crippen LogP contribution in [0.3, 0.4) is 0 Å². The molecular formula is C17H18N4O2S2. The lowest BCUT2D eigenvalue weighted by Crippen LogP contribution is -2.22. The summed E-state index contributed by atoms with van der Waals surface area (Å²) in [5.41, 5.74) is 1.95. The summed E-state index contributed by atoms with van der Waals surface area (Å²) >= 11 is 2.80. The van der Waals surface area contributed by atoms with Crippen LogP contribution in [0.25, 0.3) is 0 Å². The molecule has 0 aliphatic heterocycles. The molecule has 1 aromatic carbocycles. The molecule has 1 atom stereocenters. The number of furan rings is 1. The molecule has 6 nitrogen and oxygen atoms in total. The third-order valence-electron chi connectivity index (χ3n) is 3.37. The van der Waals surface area contributed by atoms with E-state index in [1.165, 1.54) is 23.1 Å². The van der Waals surface area contributed by atoms with Crippen molar-refractivity contribution < 1.29 is 9.21 Å². The van der Waals surface area contributed by atoms with Gasteiger partial charge in [0.1, 0.15) is 5.76 Å². The minimum atomic E-state index is -0.271. The van der Waals surface area contributed by atoms with Crippen molar-refractivity contribution in [1.82, 2.24) is 10.2 Å². The molecule has 0 aliphatic carbocycles. The summed E-state index contributed by atoms with van der Waals surface area (Å²) in [4.78, 5) is 12.3. The first kappa shape index (κ1) is 17.5. The van der Waals surface area contributed by atoms with Crippen molar-refractivity contribution in [2.75, 3.05) is 10.6 Å². The second-order valence-electron chi connectivity index (χ2n) is 5.42. The van der Waals surface area contributed by atoms with Gasteiger partial charge >= 0.3 is 0 Å². The molecule has 2 N–H and O–H groups in total. The Morgan fingerprint density at radius 3 is 2.80 bits per heavy atom. The molecule has 2 heterocycles. The molecule has 130 valence electrons. The molecule has 0 unspecified atom stereocenters. The van der Waals surface area contributed by atoms with E-state index in [1.807, 2.05) is 50.2 Å². The number of aromatic nitrogens is 2. The quantitative estimate of drug-likeness (QED) is 0.604. The number of rotatable bonds is 7. The molecular weight excluding hydrogens is 356 g/mol. The number of anilines is 2. The first-order valence-electron chi connectivity index (χ1n) is 7.74. The predicted octanol–water partition coefficient (Wildman–Crippen LogP) is 4.17. The Kier molecular flexibility index (Phi) is 5.72. The van der Waals surface area contributed by atoms with Crippen LogP contribution in [-0.4, -0.2) is 21.4 Å². The van der Waals surface area contributed by atoms with Gasteiger partial charge in [0.2, 0.25) is 11.0 Å². The van der Waals surface area contributed by atoms with Gasteiger partial charge in [-0.15, -0.1) is 10.2 Å². The Morgan fingerprint density at radius 1 is 1.28 bits per heavy atom. The van der Waals surface area contributed by atoms with Crippen molar-refractivity contribution in [2.45, 2.75) is 30.0 Å². The number of benzene rings is 1. The van der Waals surface area contributed by atoms with Crippen molar-refractivity contribution in [3.05, 3.63) is 54.0 Å². The van der Waals surface area contributed by atoms with Gasteiger partial charge in [0.25, 0.3) is 0 Å².